The number of rotatable bonds is 1. The van der Waals surface area contributed by atoms with Crippen LogP contribution in [0.15, 0.2) is 12.7 Å². The molecular formula is C7H16. The minimum absolute atomic E-state index is 1.32. The van der Waals surface area contributed by atoms with Gasteiger partial charge in [0.25, 0.3) is 0 Å². The first kappa shape index (κ1) is 9.88. The highest BCUT2D eigenvalue weighted by molar-refractivity contribution is 4.51. The van der Waals surface area contributed by atoms with E-state index in [1.54, 1.807) is 6.08 Å². The third-order valence-electron chi connectivity index (χ3n) is 0.500. The Morgan fingerprint density at radius 1 is 1.29 bits per heavy atom. The van der Waals surface area contributed by atoms with E-state index in [-0.39, 0.29) is 0 Å². The van der Waals surface area contributed by atoms with Crippen molar-refractivity contribution in [2.24, 2.45) is 0 Å². The molecule has 0 heteroatoms. The molecule has 0 rings (SSSR count). The molecule has 0 unspecified atom stereocenters. The Kier molecular flexibility index (Phi) is 24.3. The van der Waals surface area contributed by atoms with Gasteiger partial charge >= 0.3 is 0 Å². The summed E-state index contributed by atoms with van der Waals surface area (Å²) in [5, 5.41) is 0. The molecule has 0 aliphatic rings. The van der Waals surface area contributed by atoms with Crippen molar-refractivity contribution in [1.82, 2.24) is 0 Å². The molecule has 0 fully saturated rings. The van der Waals surface area contributed by atoms with Crippen molar-refractivity contribution in [2.75, 3.05) is 0 Å². The third kappa shape index (κ3) is 147. The lowest BCUT2D eigenvalue weighted by Crippen LogP contribution is -1.47. The fourth-order valence-electron chi connectivity index (χ4n) is 0. The summed E-state index contributed by atoms with van der Waals surface area (Å²) < 4.78 is 0. The van der Waals surface area contributed by atoms with Gasteiger partial charge in [0, 0.05) is 0 Å². The Morgan fingerprint density at radius 3 is 1.43 bits per heavy atom. The van der Waals surface area contributed by atoms with E-state index in [1.807, 2.05) is 6.92 Å². The van der Waals surface area contributed by atoms with E-state index in [2.05, 4.69) is 20.4 Å². The number of hydrogen-bond acceptors (Lipinski definition) is 0. The number of allylic oxidation sites excluding steroid dienone is 1. The lowest BCUT2D eigenvalue weighted by molar-refractivity contribution is 0.886. The molecule has 0 aromatic carbocycles. The molecule has 0 radical (unpaired) electrons. The smallest absolute Gasteiger partial charge is 0.0473 e. The quantitative estimate of drug-likeness (QED) is 0.444. The van der Waals surface area contributed by atoms with Crippen molar-refractivity contribution in [3.05, 3.63) is 12.7 Å². The maximum absolute atomic E-state index is 3.36. The summed E-state index contributed by atoms with van der Waals surface area (Å²) in [4.78, 5) is 0. The Labute approximate surface area is 47.2 Å². The van der Waals surface area contributed by atoms with Gasteiger partial charge in [0.2, 0.25) is 0 Å². The van der Waals surface area contributed by atoms with Crippen LogP contribution in [0.2, 0.25) is 0 Å². The number of hydrogen-bond donors (Lipinski definition) is 0. The molecule has 0 aliphatic carbocycles. The first-order valence-corrected chi connectivity index (χ1v) is 2.90. The maximum Gasteiger partial charge on any atom is -0.0473 e. The minimum atomic E-state index is 1.32. The topological polar surface area (TPSA) is 0 Å². The molecular weight excluding hydrogens is 84.1 g/mol. The molecule has 0 amide bonds. The molecule has 0 aromatic heterocycles. The van der Waals surface area contributed by atoms with Gasteiger partial charge in [-0.15, -0.1) is 6.58 Å². The third-order valence-corrected chi connectivity index (χ3v) is 0.500. The van der Waals surface area contributed by atoms with Gasteiger partial charge < -0.3 is 0 Å². The van der Waals surface area contributed by atoms with Crippen LogP contribution in [0.1, 0.15) is 33.6 Å². The van der Waals surface area contributed by atoms with E-state index in [0.29, 0.717) is 0 Å². The predicted octanol–water partition coefficient (Wildman–Crippen LogP) is 3.00. The average Bonchev–Trinajstić information content (AvgIpc) is 1.69. The minimum Gasteiger partial charge on any atom is -0.103 e. The number of unbranched alkanes of at least 4 members (excludes halogenated alkanes) is 1. The molecule has 0 saturated heterocycles. The SMILES string of the molecule is C=CC.CCCC. The van der Waals surface area contributed by atoms with Crippen LogP contribution in [0.25, 0.3) is 0 Å². The van der Waals surface area contributed by atoms with Crippen molar-refractivity contribution in [1.29, 1.82) is 0 Å². The van der Waals surface area contributed by atoms with Gasteiger partial charge in [-0.3, -0.25) is 0 Å². The highest BCUT2D eigenvalue weighted by Crippen LogP contribution is 1.76. The maximum atomic E-state index is 3.36. The summed E-state index contributed by atoms with van der Waals surface area (Å²) in [6, 6.07) is 0. The van der Waals surface area contributed by atoms with Gasteiger partial charge in [-0.1, -0.05) is 32.8 Å². The van der Waals surface area contributed by atoms with Gasteiger partial charge in [-0.05, 0) is 6.92 Å². The van der Waals surface area contributed by atoms with Crippen LogP contribution in [-0.4, -0.2) is 0 Å². The van der Waals surface area contributed by atoms with E-state index >= 15 is 0 Å². The van der Waals surface area contributed by atoms with E-state index < -0.39 is 0 Å². The van der Waals surface area contributed by atoms with Gasteiger partial charge in [0.1, 0.15) is 0 Å². The first-order valence-electron chi connectivity index (χ1n) is 2.90. The van der Waals surface area contributed by atoms with Gasteiger partial charge in [0.05, 0.1) is 0 Å². The summed E-state index contributed by atoms with van der Waals surface area (Å²) in [7, 11) is 0. The normalized spacial score (nSPS) is 6.14. The zero-order valence-electron chi connectivity index (χ0n) is 5.70. The van der Waals surface area contributed by atoms with Crippen LogP contribution in [0.4, 0.5) is 0 Å². The van der Waals surface area contributed by atoms with E-state index in [0.717, 1.165) is 0 Å². The van der Waals surface area contributed by atoms with Crippen LogP contribution in [0.3, 0.4) is 0 Å². The molecule has 44 valence electrons. The van der Waals surface area contributed by atoms with Crippen molar-refractivity contribution in [3.8, 4) is 0 Å². The fraction of sp³-hybridized carbons (Fsp3) is 0.714. The summed E-state index contributed by atoms with van der Waals surface area (Å²) in [5.41, 5.74) is 0. The molecule has 0 aliphatic heterocycles. The molecule has 0 nitrogen and oxygen atoms in total. The highest BCUT2D eigenvalue weighted by atomic mass is 13.6. The van der Waals surface area contributed by atoms with Crippen LogP contribution in [-0.2, 0) is 0 Å². The molecule has 0 saturated carbocycles. The fourth-order valence-corrected chi connectivity index (χ4v) is 0. The summed E-state index contributed by atoms with van der Waals surface area (Å²) in [6.07, 6.45) is 4.39. The van der Waals surface area contributed by atoms with Crippen LogP contribution in [0, 0.1) is 0 Å². The average molecular weight is 100 g/mol. The van der Waals surface area contributed by atoms with Crippen molar-refractivity contribution < 1.29 is 0 Å². The van der Waals surface area contributed by atoms with E-state index in [9.17, 15) is 0 Å². The lowest BCUT2D eigenvalue weighted by atomic mass is 10.4. The summed E-state index contributed by atoms with van der Waals surface area (Å²) in [6.45, 7) is 9.61. The predicted molar refractivity (Wildman–Crippen MR) is 36.5 cm³/mol. The molecule has 0 aromatic rings. The van der Waals surface area contributed by atoms with Crippen LogP contribution >= 0.6 is 0 Å². The second-order valence-corrected chi connectivity index (χ2v) is 1.41. The largest absolute Gasteiger partial charge is 0.103 e. The lowest BCUT2D eigenvalue weighted by Gasteiger charge is -1.68. The second-order valence-electron chi connectivity index (χ2n) is 1.41. The van der Waals surface area contributed by atoms with Crippen molar-refractivity contribution in [3.63, 3.8) is 0 Å². The Morgan fingerprint density at radius 2 is 1.43 bits per heavy atom. The summed E-state index contributed by atoms with van der Waals surface area (Å²) >= 11 is 0. The summed E-state index contributed by atoms with van der Waals surface area (Å²) in [5.74, 6) is 0. The van der Waals surface area contributed by atoms with Crippen LogP contribution < -0.4 is 0 Å². The second kappa shape index (κ2) is 17.2. The van der Waals surface area contributed by atoms with Gasteiger partial charge in [-0.2, -0.15) is 0 Å². The molecule has 0 spiro atoms. The van der Waals surface area contributed by atoms with Gasteiger partial charge in [-0.25, -0.2) is 0 Å². The van der Waals surface area contributed by atoms with Crippen molar-refractivity contribution in [2.45, 2.75) is 33.6 Å². The zero-order chi connectivity index (χ0) is 6.12. The monoisotopic (exact) mass is 100 g/mol. The molecule has 0 N–H and O–H groups in total. The Bertz CT molecular complexity index is 19.2. The Balaban J connectivity index is 0. The van der Waals surface area contributed by atoms with E-state index in [1.165, 1.54) is 12.8 Å². The van der Waals surface area contributed by atoms with Crippen molar-refractivity contribution >= 4 is 0 Å². The van der Waals surface area contributed by atoms with E-state index in [4.69, 9.17) is 0 Å². The van der Waals surface area contributed by atoms with Crippen LogP contribution in [0.5, 0.6) is 0 Å². The molecule has 7 heavy (non-hydrogen) atoms. The standard InChI is InChI=1S/C4H10.C3H6/c1-3-4-2;1-3-2/h3-4H2,1-2H3;3H,1H2,2H3. The zero-order valence-corrected chi connectivity index (χ0v) is 5.70. The molecule has 0 heterocycles. The molecule has 0 bridgehead atoms. The Hall–Kier alpha value is -0.260. The highest BCUT2D eigenvalue weighted by Gasteiger charge is 1.56. The van der Waals surface area contributed by atoms with Gasteiger partial charge in [0.15, 0.2) is 0 Å². The first-order chi connectivity index (χ1) is 3.33. The molecule has 0 atom stereocenters.